The molecule has 0 saturated carbocycles. The molecule has 2 rings (SSSR count). The van der Waals surface area contributed by atoms with Crippen molar-refractivity contribution in [2.24, 2.45) is 0 Å². The van der Waals surface area contributed by atoms with Crippen LogP contribution in [0, 0.1) is 0 Å². The fourth-order valence-corrected chi connectivity index (χ4v) is 2.23. The summed E-state index contributed by atoms with van der Waals surface area (Å²) in [5.74, 6) is 1.42. The van der Waals surface area contributed by atoms with Crippen LogP contribution >= 0.6 is 23.2 Å². The van der Waals surface area contributed by atoms with Gasteiger partial charge in [0.25, 0.3) is 0 Å². The van der Waals surface area contributed by atoms with E-state index in [2.05, 4.69) is 5.32 Å². The zero-order valence-corrected chi connectivity index (χ0v) is 13.2. The fraction of sp³-hybridized carbons (Fsp3) is 0.250. The number of rotatable bonds is 7. The summed E-state index contributed by atoms with van der Waals surface area (Å²) < 4.78 is 11.3. The Bertz CT molecular complexity index is 590. The molecule has 112 valence electrons. The summed E-state index contributed by atoms with van der Waals surface area (Å²) in [5.41, 5.74) is 1.11. The summed E-state index contributed by atoms with van der Waals surface area (Å²) in [7, 11) is 1.90. The standard InChI is InChI=1S/C16H17Cl2NO2/c1-19-11-12-5-2-3-7-14(12)20-9-10-21-15-8-4-6-13(17)16(15)18/h2-8,19H,9-11H2,1H3. The van der Waals surface area contributed by atoms with E-state index in [9.17, 15) is 0 Å². The van der Waals surface area contributed by atoms with Crippen molar-refractivity contribution in [3.8, 4) is 11.5 Å². The van der Waals surface area contributed by atoms with Crippen molar-refractivity contribution in [2.45, 2.75) is 6.54 Å². The van der Waals surface area contributed by atoms with Gasteiger partial charge < -0.3 is 14.8 Å². The molecule has 2 aromatic carbocycles. The largest absolute Gasteiger partial charge is 0.490 e. The lowest BCUT2D eigenvalue weighted by molar-refractivity contribution is 0.216. The topological polar surface area (TPSA) is 30.5 Å². The highest BCUT2D eigenvalue weighted by Gasteiger charge is 2.06. The molecule has 0 aliphatic rings. The first-order valence-electron chi connectivity index (χ1n) is 6.64. The Morgan fingerprint density at radius 2 is 1.57 bits per heavy atom. The number of halogens is 2. The molecular weight excluding hydrogens is 309 g/mol. The summed E-state index contributed by atoms with van der Waals surface area (Å²) in [6.07, 6.45) is 0. The molecular formula is C16H17Cl2NO2. The summed E-state index contributed by atoms with van der Waals surface area (Å²) in [6, 6.07) is 13.2. The van der Waals surface area contributed by atoms with Crippen molar-refractivity contribution in [2.75, 3.05) is 20.3 Å². The van der Waals surface area contributed by atoms with E-state index in [1.165, 1.54) is 0 Å². The minimum atomic E-state index is 0.397. The first-order chi connectivity index (χ1) is 10.2. The summed E-state index contributed by atoms with van der Waals surface area (Å²) in [5, 5.41) is 4.02. The van der Waals surface area contributed by atoms with Crippen LogP contribution in [0.15, 0.2) is 42.5 Å². The normalized spacial score (nSPS) is 10.4. The molecule has 3 nitrogen and oxygen atoms in total. The molecule has 0 aliphatic heterocycles. The lowest BCUT2D eigenvalue weighted by Gasteiger charge is -2.12. The van der Waals surface area contributed by atoms with Crippen LogP contribution in [0.2, 0.25) is 10.0 Å². The van der Waals surface area contributed by atoms with Gasteiger partial charge in [-0.15, -0.1) is 0 Å². The van der Waals surface area contributed by atoms with Crippen molar-refractivity contribution in [1.82, 2.24) is 5.32 Å². The van der Waals surface area contributed by atoms with E-state index in [1.807, 2.05) is 31.3 Å². The summed E-state index contributed by atoms with van der Waals surface area (Å²) in [4.78, 5) is 0. The number of hydrogen-bond donors (Lipinski definition) is 1. The first-order valence-corrected chi connectivity index (χ1v) is 7.40. The summed E-state index contributed by atoms with van der Waals surface area (Å²) in [6.45, 7) is 1.59. The van der Waals surface area contributed by atoms with Crippen LogP contribution in [0.1, 0.15) is 5.56 Å². The van der Waals surface area contributed by atoms with E-state index in [0.29, 0.717) is 29.0 Å². The maximum Gasteiger partial charge on any atom is 0.139 e. The van der Waals surface area contributed by atoms with Crippen molar-refractivity contribution in [1.29, 1.82) is 0 Å². The van der Waals surface area contributed by atoms with Gasteiger partial charge >= 0.3 is 0 Å². The van der Waals surface area contributed by atoms with Gasteiger partial charge in [-0.25, -0.2) is 0 Å². The van der Waals surface area contributed by atoms with Gasteiger partial charge in [0.2, 0.25) is 0 Å². The molecule has 0 aliphatic carbocycles. The molecule has 5 heteroatoms. The minimum Gasteiger partial charge on any atom is -0.490 e. The number of para-hydroxylation sites is 1. The van der Waals surface area contributed by atoms with Crippen molar-refractivity contribution < 1.29 is 9.47 Å². The highest BCUT2D eigenvalue weighted by molar-refractivity contribution is 6.42. The van der Waals surface area contributed by atoms with E-state index < -0.39 is 0 Å². The van der Waals surface area contributed by atoms with E-state index in [0.717, 1.165) is 17.9 Å². The Balaban J connectivity index is 1.86. The highest BCUT2D eigenvalue weighted by atomic mass is 35.5. The molecule has 21 heavy (non-hydrogen) atoms. The highest BCUT2D eigenvalue weighted by Crippen LogP contribution is 2.31. The predicted molar refractivity (Wildman–Crippen MR) is 86.7 cm³/mol. The van der Waals surface area contributed by atoms with Crippen LogP contribution < -0.4 is 14.8 Å². The van der Waals surface area contributed by atoms with Gasteiger partial charge in [-0.3, -0.25) is 0 Å². The molecule has 0 unspecified atom stereocenters. The number of benzene rings is 2. The van der Waals surface area contributed by atoms with E-state index in [4.69, 9.17) is 32.7 Å². The SMILES string of the molecule is CNCc1ccccc1OCCOc1cccc(Cl)c1Cl. The molecule has 0 bridgehead atoms. The molecule has 0 heterocycles. The average Bonchev–Trinajstić information content (AvgIpc) is 2.49. The van der Waals surface area contributed by atoms with E-state index in [-0.39, 0.29) is 0 Å². The van der Waals surface area contributed by atoms with Gasteiger partial charge in [-0.2, -0.15) is 0 Å². The molecule has 0 amide bonds. The molecule has 0 aromatic heterocycles. The Morgan fingerprint density at radius 1 is 0.905 bits per heavy atom. The number of nitrogens with one attached hydrogen (secondary N) is 1. The number of ether oxygens (including phenoxy) is 2. The van der Waals surface area contributed by atoms with Gasteiger partial charge in [0.15, 0.2) is 0 Å². The summed E-state index contributed by atoms with van der Waals surface area (Å²) >= 11 is 12.0. The van der Waals surface area contributed by atoms with Crippen molar-refractivity contribution in [3.05, 3.63) is 58.1 Å². The quantitative estimate of drug-likeness (QED) is 0.775. The van der Waals surface area contributed by atoms with Crippen LogP contribution in [0.5, 0.6) is 11.5 Å². The average molecular weight is 326 g/mol. The molecule has 2 aromatic rings. The maximum atomic E-state index is 6.05. The smallest absolute Gasteiger partial charge is 0.139 e. The monoisotopic (exact) mass is 325 g/mol. The molecule has 1 N–H and O–H groups in total. The second-order valence-corrected chi connectivity index (χ2v) is 5.17. The zero-order chi connectivity index (χ0) is 15.1. The second kappa shape index (κ2) is 8.13. The third-order valence-corrected chi connectivity index (χ3v) is 3.66. The van der Waals surface area contributed by atoms with Crippen molar-refractivity contribution in [3.63, 3.8) is 0 Å². The van der Waals surface area contributed by atoms with Crippen LogP contribution in [0.4, 0.5) is 0 Å². The Kier molecular flexibility index (Phi) is 6.18. The first kappa shape index (κ1) is 16.0. The number of hydrogen-bond acceptors (Lipinski definition) is 3. The van der Waals surface area contributed by atoms with Gasteiger partial charge in [0.1, 0.15) is 29.7 Å². The van der Waals surface area contributed by atoms with Gasteiger partial charge in [-0.1, -0.05) is 47.5 Å². The second-order valence-electron chi connectivity index (χ2n) is 4.39. The fourth-order valence-electron chi connectivity index (χ4n) is 1.88. The minimum absolute atomic E-state index is 0.397. The lowest BCUT2D eigenvalue weighted by atomic mass is 10.2. The van der Waals surface area contributed by atoms with Gasteiger partial charge in [-0.05, 0) is 25.2 Å². The molecule has 0 atom stereocenters. The van der Waals surface area contributed by atoms with E-state index in [1.54, 1.807) is 18.2 Å². The van der Waals surface area contributed by atoms with Crippen LogP contribution in [0.25, 0.3) is 0 Å². The van der Waals surface area contributed by atoms with Crippen LogP contribution in [-0.4, -0.2) is 20.3 Å². The molecule has 0 saturated heterocycles. The molecule has 0 spiro atoms. The lowest BCUT2D eigenvalue weighted by Crippen LogP contribution is -2.12. The van der Waals surface area contributed by atoms with Gasteiger partial charge in [0.05, 0.1) is 5.02 Å². The zero-order valence-electron chi connectivity index (χ0n) is 11.7. The predicted octanol–water partition coefficient (Wildman–Crippen LogP) is 4.17. The molecule has 0 fully saturated rings. The maximum absolute atomic E-state index is 6.05. The van der Waals surface area contributed by atoms with Gasteiger partial charge in [0, 0.05) is 12.1 Å². The Hall–Kier alpha value is -1.42. The molecule has 0 radical (unpaired) electrons. The van der Waals surface area contributed by atoms with Crippen molar-refractivity contribution >= 4 is 23.2 Å². The third kappa shape index (κ3) is 4.53. The van der Waals surface area contributed by atoms with Crippen LogP contribution in [-0.2, 0) is 6.54 Å². The Morgan fingerprint density at radius 3 is 2.33 bits per heavy atom. The third-order valence-electron chi connectivity index (χ3n) is 2.85. The van der Waals surface area contributed by atoms with Crippen LogP contribution in [0.3, 0.4) is 0 Å². The van der Waals surface area contributed by atoms with E-state index >= 15 is 0 Å². The Labute approximate surface area is 134 Å².